The molecule has 0 spiro atoms. The van der Waals surface area contributed by atoms with E-state index in [9.17, 15) is 14.0 Å². The Balaban J connectivity index is 2.18. The molecule has 1 heterocycles. The molecule has 0 aromatic heterocycles. The number of nitrogens with zero attached hydrogens (tertiary/aromatic N) is 1. The lowest BCUT2D eigenvalue weighted by atomic mass is 10.0. The molecule has 1 N–H and O–H groups in total. The maximum atomic E-state index is 13.7. The number of aliphatic carboxylic acids is 1. The first-order chi connectivity index (χ1) is 9.00. The van der Waals surface area contributed by atoms with Gasteiger partial charge in [-0.15, -0.1) is 0 Å². The summed E-state index contributed by atoms with van der Waals surface area (Å²) in [5, 5.41) is 9.04. The minimum atomic E-state index is -1.48. The number of carbonyl (C=O) groups is 2. The Morgan fingerprint density at radius 2 is 2.21 bits per heavy atom. The van der Waals surface area contributed by atoms with Crippen molar-refractivity contribution in [1.29, 1.82) is 0 Å². The topological polar surface area (TPSA) is 57.6 Å². The van der Waals surface area contributed by atoms with Gasteiger partial charge in [0.05, 0.1) is 0 Å². The summed E-state index contributed by atoms with van der Waals surface area (Å²) in [6.45, 7) is 0.391. The average Bonchev–Trinajstić information content (AvgIpc) is 2.81. The Morgan fingerprint density at radius 3 is 2.84 bits per heavy atom. The quantitative estimate of drug-likeness (QED) is 0.847. The number of hydrogen-bond donors (Lipinski definition) is 1. The second-order valence-electron chi connectivity index (χ2n) is 4.50. The van der Waals surface area contributed by atoms with Crippen LogP contribution in [0.5, 0.6) is 0 Å². The fraction of sp³-hybridized carbons (Fsp3) is 0.385. The lowest BCUT2D eigenvalue weighted by Crippen LogP contribution is -2.41. The summed E-state index contributed by atoms with van der Waals surface area (Å²) in [6.07, 6.45) is 1.62. The number of hydrogen-bond acceptors (Lipinski definition) is 2. The van der Waals surface area contributed by atoms with E-state index >= 15 is 0 Å². The summed E-state index contributed by atoms with van der Waals surface area (Å²) in [6, 6.07) is 4.09. The SMILES string of the molecule is O=C(O)C(=O)N1CCCC1Cc1c(F)cccc1Cl. The number of amides is 1. The Hall–Kier alpha value is -1.62. The number of carbonyl (C=O) groups excluding carboxylic acids is 1. The van der Waals surface area contributed by atoms with Crippen LogP contribution >= 0.6 is 11.6 Å². The summed E-state index contributed by atoms with van der Waals surface area (Å²) in [5.74, 6) is -2.84. The third kappa shape index (κ3) is 2.87. The van der Waals surface area contributed by atoms with Crippen LogP contribution in [0, 0.1) is 5.82 Å². The van der Waals surface area contributed by atoms with Gasteiger partial charge in [-0.1, -0.05) is 17.7 Å². The second-order valence-corrected chi connectivity index (χ2v) is 4.91. The summed E-state index contributed by atoms with van der Waals surface area (Å²) in [5.41, 5.74) is 0.333. The Morgan fingerprint density at radius 1 is 1.47 bits per heavy atom. The standard InChI is InChI=1S/C13H13ClFNO3/c14-10-4-1-5-11(15)9(10)7-8-3-2-6-16(8)12(17)13(18)19/h1,4-5,8H,2-3,6-7H2,(H,18,19). The summed E-state index contributed by atoms with van der Waals surface area (Å²) < 4.78 is 13.7. The molecule has 1 saturated heterocycles. The van der Waals surface area contributed by atoms with Gasteiger partial charge in [0, 0.05) is 23.2 Å². The summed E-state index contributed by atoms with van der Waals surface area (Å²) >= 11 is 5.94. The van der Waals surface area contributed by atoms with Crippen molar-refractivity contribution in [2.75, 3.05) is 6.54 Å². The molecule has 1 aliphatic heterocycles. The van der Waals surface area contributed by atoms with Gasteiger partial charge >= 0.3 is 11.9 Å². The van der Waals surface area contributed by atoms with Crippen molar-refractivity contribution < 1.29 is 19.1 Å². The molecule has 6 heteroatoms. The number of carboxylic acids is 1. The molecular formula is C13H13ClFNO3. The monoisotopic (exact) mass is 285 g/mol. The number of rotatable bonds is 2. The van der Waals surface area contributed by atoms with Crippen LogP contribution in [0.3, 0.4) is 0 Å². The molecule has 19 heavy (non-hydrogen) atoms. The van der Waals surface area contributed by atoms with E-state index in [-0.39, 0.29) is 12.5 Å². The van der Waals surface area contributed by atoms with Crippen molar-refractivity contribution in [3.8, 4) is 0 Å². The highest BCUT2D eigenvalue weighted by molar-refractivity contribution is 6.32. The number of likely N-dealkylation sites (tertiary alicyclic amines) is 1. The van der Waals surface area contributed by atoms with E-state index in [1.165, 1.54) is 17.0 Å². The van der Waals surface area contributed by atoms with Crippen LogP contribution in [-0.4, -0.2) is 34.5 Å². The van der Waals surface area contributed by atoms with Crippen molar-refractivity contribution in [2.45, 2.75) is 25.3 Å². The fourth-order valence-corrected chi connectivity index (χ4v) is 2.64. The van der Waals surface area contributed by atoms with Crippen LogP contribution in [0.4, 0.5) is 4.39 Å². The van der Waals surface area contributed by atoms with E-state index in [1.807, 2.05) is 0 Å². The first-order valence-corrected chi connectivity index (χ1v) is 6.35. The van der Waals surface area contributed by atoms with E-state index in [0.717, 1.165) is 6.42 Å². The molecule has 1 atom stereocenters. The predicted octanol–water partition coefficient (Wildman–Crippen LogP) is 2.10. The van der Waals surface area contributed by atoms with Crippen LogP contribution < -0.4 is 0 Å². The van der Waals surface area contributed by atoms with Gasteiger partial charge in [0.15, 0.2) is 0 Å². The van der Waals surface area contributed by atoms with E-state index < -0.39 is 17.7 Å². The highest BCUT2D eigenvalue weighted by Gasteiger charge is 2.33. The van der Waals surface area contributed by atoms with Crippen molar-refractivity contribution in [3.05, 3.63) is 34.6 Å². The normalized spacial score (nSPS) is 18.6. The predicted molar refractivity (Wildman–Crippen MR) is 67.5 cm³/mol. The van der Waals surface area contributed by atoms with Crippen LogP contribution in [0.15, 0.2) is 18.2 Å². The van der Waals surface area contributed by atoms with Gasteiger partial charge in [-0.25, -0.2) is 9.18 Å². The number of benzene rings is 1. The van der Waals surface area contributed by atoms with Gasteiger partial charge in [0.25, 0.3) is 0 Å². The molecule has 2 rings (SSSR count). The third-order valence-electron chi connectivity index (χ3n) is 3.32. The third-order valence-corrected chi connectivity index (χ3v) is 3.68. The first kappa shape index (κ1) is 13.8. The van der Waals surface area contributed by atoms with Gasteiger partial charge in [-0.2, -0.15) is 0 Å². The van der Waals surface area contributed by atoms with Crippen LogP contribution in [0.1, 0.15) is 18.4 Å². The zero-order chi connectivity index (χ0) is 14.0. The zero-order valence-electron chi connectivity index (χ0n) is 10.1. The molecule has 4 nitrogen and oxygen atoms in total. The largest absolute Gasteiger partial charge is 0.474 e. The van der Waals surface area contributed by atoms with Crippen LogP contribution in [0.25, 0.3) is 0 Å². The average molecular weight is 286 g/mol. The van der Waals surface area contributed by atoms with E-state index in [2.05, 4.69) is 0 Å². The van der Waals surface area contributed by atoms with Gasteiger partial charge in [0.2, 0.25) is 0 Å². The minimum absolute atomic E-state index is 0.241. The smallest absolute Gasteiger partial charge is 0.394 e. The summed E-state index contributed by atoms with van der Waals surface area (Å²) in [4.78, 5) is 23.5. The second kappa shape index (κ2) is 5.57. The van der Waals surface area contributed by atoms with Crippen molar-refractivity contribution in [2.24, 2.45) is 0 Å². The van der Waals surface area contributed by atoms with E-state index in [4.69, 9.17) is 16.7 Å². The molecule has 0 aliphatic carbocycles. The van der Waals surface area contributed by atoms with Crippen LogP contribution in [0.2, 0.25) is 5.02 Å². The molecule has 1 fully saturated rings. The highest BCUT2D eigenvalue weighted by atomic mass is 35.5. The Kier molecular flexibility index (Phi) is 4.04. The minimum Gasteiger partial charge on any atom is -0.474 e. The Bertz CT molecular complexity index is 500. The Labute approximate surface area is 114 Å². The van der Waals surface area contributed by atoms with Crippen LogP contribution in [-0.2, 0) is 16.0 Å². The van der Waals surface area contributed by atoms with Gasteiger partial charge < -0.3 is 10.0 Å². The number of carboxylic acid groups (broad SMARTS) is 1. The molecule has 102 valence electrons. The maximum Gasteiger partial charge on any atom is 0.394 e. The molecule has 1 aromatic rings. The molecule has 1 aromatic carbocycles. The molecule has 0 saturated carbocycles. The molecular weight excluding hydrogens is 273 g/mol. The van der Waals surface area contributed by atoms with E-state index in [1.54, 1.807) is 6.07 Å². The summed E-state index contributed by atoms with van der Waals surface area (Å²) in [7, 11) is 0. The zero-order valence-corrected chi connectivity index (χ0v) is 10.9. The molecule has 0 bridgehead atoms. The van der Waals surface area contributed by atoms with Gasteiger partial charge in [-0.3, -0.25) is 4.79 Å². The lowest BCUT2D eigenvalue weighted by molar-refractivity contribution is -0.156. The van der Waals surface area contributed by atoms with Crippen molar-refractivity contribution >= 4 is 23.5 Å². The van der Waals surface area contributed by atoms with Crippen molar-refractivity contribution in [3.63, 3.8) is 0 Å². The lowest BCUT2D eigenvalue weighted by Gasteiger charge is -2.23. The molecule has 0 radical (unpaired) electrons. The van der Waals surface area contributed by atoms with Gasteiger partial charge in [-0.05, 0) is 31.4 Å². The number of halogens is 2. The highest BCUT2D eigenvalue weighted by Crippen LogP contribution is 2.26. The van der Waals surface area contributed by atoms with Gasteiger partial charge in [0.1, 0.15) is 5.82 Å². The van der Waals surface area contributed by atoms with Crippen molar-refractivity contribution in [1.82, 2.24) is 4.90 Å². The first-order valence-electron chi connectivity index (χ1n) is 5.97. The van der Waals surface area contributed by atoms with E-state index in [0.29, 0.717) is 23.6 Å². The maximum absolute atomic E-state index is 13.7. The fourth-order valence-electron chi connectivity index (χ4n) is 2.40. The molecule has 1 amide bonds. The molecule has 1 aliphatic rings. The molecule has 1 unspecified atom stereocenters.